The summed E-state index contributed by atoms with van der Waals surface area (Å²) in [7, 11) is -4.49. The second-order valence-corrected chi connectivity index (χ2v) is 8.83. The molecule has 0 aliphatic carbocycles. The van der Waals surface area contributed by atoms with Gasteiger partial charge >= 0.3 is 6.03 Å². The fourth-order valence-corrected chi connectivity index (χ4v) is 5.29. The van der Waals surface area contributed by atoms with Crippen LogP contribution in [0.3, 0.4) is 0 Å². The van der Waals surface area contributed by atoms with Gasteiger partial charge in [-0.3, -0.25) is 10.1 Å². The Labute approximate surface area is 177 Å². The zero-order valence-electron chi connectivity index (χ0n) is 15.3. The topological polar surface area (TPSA) is 104 Å². The molecule has 0 spiro atoms. The number of amides is 3. The molecule has 3 aromatic rings. The van der Waals surface area contributed by atoms with Crippen molar-refractivity contribution in [3.63, 3.8) is 0 Å². The molecule has 0 radical (unpaired) electrons. The number of phenols is 1. The molecule has 1 aliphatic heterocycles. The SMILES string of the molecule is O=C1NC(=O)C(c2ccccc2)(c2cccc(O)c2)N1S(=O)(=O)c1ccc(Cl)cc1. The molecule has 9 heteroatoms. The van der Waals surface area contributed by atoms with Crippen LogP contribution in [0.5, 0.6) is 5.75 Å². The molecule has 3 aromatic carbocycles. The van der Waals surface area contributed by atoms with Crippen LogP contribution in [-0.2, 0) is 20.4 Å². The number of nitrogens with zero attached hydrogens (tertiary/aromatic N) is 1. The number of phenolic OH excluding ortho intramolecular Hbond substituents is 1. The second kappa shape index (κ2) is 7.16. The Balaban J connectivity index is 2.06. The minimum atomic E-state index is -4.49. The van der Waals surface area contributed by atoms with Gasteiger partial charge in [0.2, 0.25) is 0 Å². The fraction of sp³-hybridized carbons (Fsp3) is 0.0476. The molecule has 3 amide bonds. The highest BCUT2D eigenvalue weighted by Gasteiger charge is 2.60. The molecule has 2 N–H and O–H groups in total. The van der Waals surface area contributed by atoms with Crippen LogP contribution < -0.4 is 5.32 Å². The lowest BCUT2D eigenvalue weighted by molar-refractivity contribution is -0.124. The summed E-state index contributed by atoms with van der Waals surface area (Å²) in [6.07, 6.45) is 0. The number of nitrogens with one attached hydrogen (secondary N) is 1. The summed E-state index contributed by atoms with van der Waals surface area (Å²) >= 11 is 5.87. The lowest BCUT2D eigenvalue weighted by atomic mass is 9.83. The minimum Gasteiger partial charge on any atom is -0.508 e. The van der Waals surface area contributed by atoms with E-state index in [0.29, 0.717) is 9.33 Å². The Morgan fingerprint density at radius 2 is 1.50 bits per heavy atom. The molecule has 4 rings (SSSR count). The average Bonchev–Trinajstić information content (AvgIpc) is 3.00. The lowest BCUT2D eigenvalue weighted by Crippen LogP contribution is -2.50. The third kappa shape index (κ3) is 2.92. The number of urea groups is 1. The molecule has 1 atom stereocenters. The van der Waals surface area contributed by atoms with E-state index in [0.717, 1.165) is 0 Å². The molecular formula is C21H15ClN2O5S. The maximum absolute atomic E-state index is 13.6. The van der Waals surface area contributed by atoms with Gasteiger partial charge in [-0.15, -0.1) is 0 Å². The highest BCUT2D eigenvalue weighted by molar-refractivity contribution is 7.89. The number of aromatic hydroxyl groups is 1. The van der Waals surface area contributed by atoms with E-state index >= 15 is 0 Å². The van der Waals surface area contributed by atoms with Crippen molar-refractivity contribution in [1.82, 2.24) is 9.62 Å². The van der Waals surface area contributed by atoms with Gasteiger partial charge in [0.1, 0.15) is 5.75 Å². The first-order chi connectivity index (χ1) is 14.3. The van der Waals surface area contributed by atoms with E-state index in [-0.39, 0.29) is 21.8 Å². The van der Waals surface area contributed by atoms with Crippen molar-refractivity contribution >= 4 is 33.6 Å². The fourth-order valence-electron chi connectivity index (χ4n) is 3.56. The Morgan fingerprint density at radius 1 is 0.867 bits per heavy atom. The quantitative estimate of drug-likeness (QED) is 0.604. The average molecular weight is 443 g/mol. The molecule has 1 saturated heterocycles. The number of halogens is 1. The van der Waals surface area contributed by atoms with Gasteiger partial charge in [0.05, 0.1) is 4.90 Å². The predicted octanol–water partition coefficient (Wildman–Crippen LogP) is 3.23. The van der Waals surface area contributed by atoms with Crippen LogP contribution in [0.25, 0.3) is 0 Å². The van der Waals surface area contributed by atoms with Gasteiger partial charge in [0.25, 0.3) is 15.9 Å². The molecule has 152 valence electrons. The number of imide groups is 1. The molecule has 0 bridgehead atoms. The third-order valence-corrected chi connectivity index (χ3v) is 6.89. The van der Waals surface area contributed by atoms with Crippen LogP contribution in [0.4, 0.5) is 4.79 Å². The number of hydrogen-bond donors (Lipinski definition) is 2. The van der Waals surface area contributed by atoms with Gasteiger partial charge < -0.3 is 5.11 Å². The van der Waals surface area contributed by atoms with Gasteiger partial charge in [0.15, 0.2) is 5.54 Å². The lowest BCUT2D eigenvalue weighted by Gasteiger charge is -2.35. The highest BCUT2D eigenvalue weighted by Crippen LogP contribution is 2.44. The van der Waals surface area contributed by atoms with Crippen LogP contribution in [0.15, 0.2) is 83.8 Å². The summed E-state index contributed by atoms with van der Waals surface area (Å²) in [6, 6.07) is 17.8. The summed E-state index contributed by atoms with van der Waals surface area (Å²) < 4.78 is 27.6. The van der Waals surface area contributed by atoms with Crippen LogP contribution in [0.1, 0.15) is 11.1 Å². The monoisotopic (exact) mass is 442 g/mol. The van der Waals surface area contributed by atoms with Crippen LogP contribution in [-0.4, -0.2) is 29.8 Å². The smallest absolute Gasteiger partial charge is 0.339 e. The van der Waals surface area contributed by atoms with Gasteiger partial charge in [-0.05, 0) is 47.5 Å². The van der Waals surface area contributed by atoms with E-state index in [1.165, 1.54) is 48.5 Å². The van der Waals surface area contributed by atoms with E-state index < -0.39 is 27.5 Å². The van der Waals surface area contributed by atoms with Gasteiger partial charge in [-0.25, -0.2) is 13.2 Å². The van der Waals surface area contributed by atoms with Crippen molar-refractivity contribution in [1.29, 1.82) is 0 Å². The second-order valence-electron chi connectivity index (χ2n) is 6.61. The maximum Gasteiger partial charge on any atom is 0.339 e. The molecule has 1 unspecified atom stereocenters. The largest absolute Gasteiger partial charge is 0.508 e. The zero-order chi connectivity index (χ0) is 21.5. The Hall–Kier alpha value is -3.36. The molecule has 1 heterocycles. The van der Waals surface area contributed by atoms with E-state index in [4.69, 9.17) is 11.6 Å². The number of rotatable bonds is 4. The number of sulfonamides is 1. The Kier molecular flexibility index (Phi) is 4.76. The number of hydrogen-bond acceptors (Lipinski definition) is 5. The maximum atomic E-state index is 13.6. The molecule has 0 saturated carbocycles. The van der Waals surface area contributed by atoms with Crippen molar-refractivity contribution in [3.8, 4) is 5.75 Å². The Morgan fingerprint density at radius 3 is 2.13 bits per heavy atom. The first-order valence-corrected chi connectivity index (χ1v) is 10.6. The first-order valence-electron chi connectivity index (χ1n) is 8.79. The molecule has 30 heavy (non-hydrogen) atoms. The molecule has 0 aromatic heterocycles. The van der Waals surface area contributed by atoms with Crippen molar-refractivity contribution < 1.29 is 23.1 Å². The highest BCUT2D eigenvalue weighted by atomic mass is 35.5. The van der Waals surface area contributed by atoms with Crippen molar-refractivity contribution in [2.24, 2.45) is 0 Å². The molecule has 1 fully saturated rings. The summed E-state index contributed by atoms with van der Waals surface area (Å²) in [5.74, 6) is -1.03. The third-order valence-electron chi connectivity index (χ3n) is 4.85. The van der Waals surface area contributed by atoms with Crippen molar-refractivity contribution in [2.45, 2.75) is 10.4 Å². The summed E-state index contributed by atoms with van der Waals surface area (Å²) in [4.78, 5) is 25.9. The standard InChI is InChI=1S/C21H15ClN2O5S/c22-16-9-11-18(12-10-16)30(28,29)24-20(27)23-19(26)21(24,14-5-2-1-3-6-14)15-7-4-8-17(25)13-15/h1-13,25H,(H,23,26,27). The molecule has 1 aliphatic rings. The van der Waals surface area contributed by atoms with Gasteiger partial charge in [-0.2, -0.15) is 4.31 Å². The van der Waals surface area contributed by atoms with Gasteiger partial charge in [-0.1, -0.05) is 54.1 Å². The van der Waals surface area contributed by atoms with Crippen LogP contribution >= 0.6 is 11.6 Å². The molecular weight excluding hydrogens is 428 g/mol. The summed E-state index contributed by atoms with van der Waals surface area (Å²) in [6.45, 7) is 0. The minimum absolute atomic E-state index is 0.120. The number of benzene rings is 3. The zero-order valence-corrected chi connectivity index (χ0v) is 16.9. The van der Waals surface area contributed by atoms with E-state index in [2.05, 4.69) is 5.32 Å². The summed E-state index contributed by atoms with van der Waals surface area (Å²) in [5.41, 5.74) is -1.68. The number of carbonyl (C=O) groups is 2. The van der Waals surface area contributed by atoms with Crippen LogP contribution in [0, 0.1) is 0 Å². The van der Waals surface area contributed by atoms with E-state index in [1.807, 2.05) is 0 Å². The normalized spacial score (nSPS) is 19.0. The first kappa shape index (κ1) is 19.9. The van der Waals surface area contributed by atoms with Crippen molar-refractivity contribution in [3.05, 3.63) is 95.0 Å². The van der Waals surface area contributed by atoms with Crippen molar-refractivity contribution in [2.75, 3.05) is 0 Å². The van der Waals surface area contributed by atoms with E-state index in [1.54, 1.807) is 30.3 Å². The molecule has 7 nitrogen and oxygen atoms in total. The summed E-state index contributed by atoms with van der Waals surface area (Å²) in [5, 5.41) is 12.5. The van der Waals surface area contributed by atoms with E-state index in [9.17, 15) is 23.1 Å². The predicted molar refractivity (Wildman–Crippen MR) is 109 cm³/mol. The van der Waals surface area contributed by atoms with Gasteiger partial charge in [0, 0.05) is 5.02 Å². The Bertz CT molecular complexity index is 1250. The van der Waals surface area contributed by atoms with Crippen LogP contribution in [0.2, 0.25) is 5.02 Å². The number of carbonyl (C=O) groups excluding carboxylic acids is 2.